The van der Waals surface area contributed by atoms with E-state index in [-0.39, 0.29) is 31.0 Å². The van der Waals surface area contributed by atoms with Gasteiger partial charge in [0.05, 0.1) is 46.2 Å². The number of anilines is 1. The summed E-state index contributed by atoms with van der Waals surface area (Å²) in [6.45, 7) is 15.0. The maximum Gasteiger partial charge on any atom is 0.321 e. The smallest absolute Gasteiger partial charge is 0.321 e. The monoisotopic (exact) mass is 480 g/mol. The zero-order valence-electron chi connectivity index (χ0n) is 20.4. The van der Waals surface area contributed by atoms with Crippen molar-refractivity contribution in [3.05, 3.63) is 30.6 Å². The van der Waals surface area contributed by atoms with Crippen LogP contribution in [0.2, 0.25) is 0 Å². The molecule has 0 atom stereocenters. The largest absolute Gasteiger partial charge is 0.464 e. The molecular formula is C23H36N4O7. The summed E-state index contributed by atoms with van der Waals surface area (Å²) >= 11 is 0. The molecule has 0 unspecified atom stereocenters. The Balaban J connectivity index is 2.42. The van der Waals surface area contributed by atoms with Gasteiger partial charge in [-0.3, -0.25) is 14.5 Å². The molecule has 1 aromatic heterocycles. The molecule has 11 nitrogen and oxygen atoms in total. The number of nitrogens with zero attached hydrogens (tertiary/aromatic N) is 4. The molecule has 0 N–H and O–H groups in total. The third-order valence-corrected chi connectivity index (χ3v) is 4.23. The minimum atomic E-state index is -0.0180. The summed E-state index contributed by atoms with van der Waals surface area (Å²) < 4.78 is 27.5. The van der Waals surface area contributed by atoms with E-state index >= 15 is 0 Å². The Morgan fingerprint density at radius 2 is 1.32 bits per heavy atom. The Hall–Kier alpha value is -2.73. The van der Waals surface area contributed by atoms with Crippen LogP contribution >= 0.6 is 0 Å². The lowest BCUT2D eigenvalue weighted by Gasteiger charge is -2.22. The molecule has 0 aliphatic rings. The van der Waals surface area contributed by atoms with Gasteiger partial charge in [-0.2, -0.15) is 9.97 Å². The van der Waals surface area contributed by atoms with Crippen LogP contribution in [0.25, 0.3) is 0 Å². The van der Waals surface area contributed by atoms with Crippen molar-refractivity contribution >= 4 is 17.5 Å². The Bertz CT molecular complexity index is 748. The molecular weight excluding hydrogens is 444 g/mol. The van der Waals surface area contributed by atoms with Crippen LogP contribution < -0.4 is 9.64 Å². The maximum atomic E-state index is 11.5. The predicted molar refractivity (Wildman–Crippen MR) is 126 cm³/mol. The number of allylic oxidation sites excluding steroid dienone is 2. The van der Waals surface area contributed by atoms with Crippen molar-refractivity contribution in [3.8, 4) is 6.01 Å². The predicted octanol–water partition coefficient (Wildman–Crippen LogP) is 2.13. The minimum absolute atomic E-state index is 0.0180. The van der Waals surface area contributed by atoms with Crippen LogP contribution in [0.1, 0.15) is 33.6 Å². The Morgan fingerprint density at radius 1 is 0.824 bits per heavy atom. The maximum absolute atomic E-state index is 11.5. The highest BCUT2D eigenvalue weighted by molar-refractivity contribution is 5.94. The molecule has 1 rings (SSSR count). The number of carbonyl (C=O) groups excluding carboxylic acids is 2. The second-order valence-electron chi connectivity index (χ2n) is 7.25. The van der Waals surface area contributed by atoms with E-state index in [1.807, 2.05) is 6.92 Å². The lowest BCUT2D eigenvalue weighted by molar-refractivity contribution is -0.117. The van der Waals surface area contributed by atoms with E-state index < -0.39 is 0 Å². The van der Waals surface area contributed by atoms with Crippen LogP contribution in [0.15, 0.2) is 30.6 Å². The van der Waals surface area contributed by atoms with Crippen LogP contribution in [-0.2, 0) is 28.5 Å². The van der Waals surface area contributed by atoms with Crippen LogP contribution in [0, 0.1) is 0 Å². The van der Waals surface area contributed by atoms with Crippen molar-refractivity contribution in [1.82, 2.24) is 15.0 Å². The number of Topliss-reactive ketones (excluding diaryl/α,β-unsaturated/α-hetero) is 2. The highest BCUT2D eigenvalue weighted by atomic mass is 16.5. The minimum Gasteiger partial charge on any atom is -0.464 e. The number of carbonyl (C=O) groups is 2. The molecule has 11 heteroatoms. The SMILES string of the molecule is C=C(C)C(=O)CCOCCOCN(COCCOCCC(=O)C(=C)C)c1ncnc(OCC)n1. The van der Waals surface area contributed by atoms with E-state index in [0.717, 1.165) is 0 Å². The van der Waals surface area contributed by atoms with Crippen LogP contribution in [0.4, 0.5) is 5.95 Å². The summed E-state index contributed by atoms with van der Waals surface area (Å²) in [5.74, 6) is 0.297. The van der Waals surface area contributed by atoms with Gasteiger partial charge in [0.1, 0.15) is 19.8 Å². The van der Waals surface area contributed by atoms with Crippen molar-refractivity contribution in [2.24, 2.45) is 0 Å². The Morgan fingerprint density at radius 3 is 1.79 bits per heavy atom. The number of ketones is 2. The molecule has 0 saturated carbocycles. The summed E-state index contributed by atoms with van der Waals surface area (Å²) in [7, 11) is 0. The standard InChI is InChI=1S/C23H36N4O7/c1-6-34-23-25-15-24-22(26-23)27(16-32-13-11-30-9-7-20(28)18(2)3)17-33-14-12-31-10-8-21(29)19(4)5/h15H,2,4,6-14,16-17H2,1,3,5H3. The van der Waals surface area contributed by atoms with E-state index in [1.54, 1.807) is 18.7 Å². The molecule has 190 valence electrons. The van der Waals surface area contributed by atoms with Gasteiger partial charge in [-0.1, -0.05) is 13.2 Å². The first-order valence-corrected chi connectivity index (χ1v) is 11.1. The number of rotatable bonds is 21. The fourth-order valence-corrected chi connectivity index (χ4v) is 2.32. The molecule has 0 amide bonds. The first-order valence-electron chi connectivity index (χ1n) is 11.1. The van der Waals surface area contributed by atoms with Crippen molar-refractivity contribution in [2.75, 3.05) is 64.6 Å². The van der Waals surface area contributed by atoms with Crippen molar-refractivity contribution in [3.63, 3.8) is 0 Å². The van der Waals surface area contributed by atoms with Gasteiger partial charge in [-0.05, 0) is 31.9 Å². The van der Waals surface area contributed by atoms with E-state index in [9.17, 15) is 9.59 Å². The highest BCUT2D eigenvalue weighted by Crippen LogP contribution is 2.10. The van der Waals surface area contributed by atoms with Gasteiger partial charge >= 0.3 is 6.01 Å². The lowest BCUT2D eigenvalue weighted by atomic mass is 10.2. The second-order valence-corrected chi connectivity index (χ2v) is 7.25. The zero-order valence-corrected chi connectivity index (χ0v) is 20.4. The van der Waals surface area contributed by atoms with Crippen molar-refractivity contribution in [2.45, 2.75) is 33.6 Å². The van der Waals surface area contributed by atoms with Gasteiger partial charge in [0.15, 0.2) is 11.6 Å². The van der Waals surface area contributed by atoms with E-state index in [0.29, 0.717) is 76.2 Å². The average Bonchev–Trinajstić information content (AvgIpc) is 2.81. The number of hydrogen-bond donors (Lipinski definition) is 0. The molecule has 0 radical (unpaired) electrons. The van der Waals surface area contributed by atoms with E-state index in [2.05, 4.69) is 28.1 Å². The molecule has 1 heterocycles. The van der Waals surface area contributed by atoms with Gasteiger partial charge in [0.25, 0.3) is 0 Å². The van der Waals surface area contributed by atoms with Crippen LogP contribution in [0.3, 0.4) is 0 Å². The topological polar surface area (TPSA) is 122 Å². The summed E-state index contributed by atoms with van der Waals surface area (Å²) in [5, 5.41) is 0. The molecule has 0 aromatic carbocycles. The van der Waals surface area contributed by atoms with Crippen LogP contribution in [0.5, 0.6) is 6.01 Å². The van der Waals surface area contributed by atoms with Crippen molar-refractivity contribution < 1.29 is 33.3 Å². The molecule has 0 spiro atoms. The molecule has 0 saturated heterocycles. The molecule has 0 aliphatic carbocycles. The number of hydrogen-bond acceptors (Lipinski definition) is 11. The quantitative estimate of drug-likeness (QED) is 0.146. The van der Waals surface area contributed by atoms with Gasteiger partial charge in [-0.15, -0.1) is 0 Å². The summed E-state index contributed by atoms with van der Waals surface area (Å²) in [4.78, 5) is 37.1. The van der Waals surface area contributed by atoms with Gasteiger partial charge in [0.2, 0.25) is 5.95 Å². The lowest BCUT2D eigenvalue weighted by Crippen LogP contribution is -2.32. The normalized spacial score (nSPS) is 10.7. The Labute approximate surface area is 201 Å². The summed E-state index contributed by atoms with van der Waals surface area (Å²) in [6.07, 6.45) is 1.94. The molecule has 0 fully saturated rings. The number of aromatic nitrogens is 3. The average molecular weight is 481 g/mol. The van der Waals surface area contributed by atoms with Gasteiger partial charge < -0.3 is 23.7 Å². The summed E-state index contributed by atoms with van der Waals surface area (Å²) in [6, 6.07) is 0.202. The first-order chi connectivity index (χ1) is 16.3. The summed E-state index contributed by atoms with van der Waals surface area (Å²) in [5.41, 5.74) is 1.04. The molecule has 1 aromatic rings. The van der Waals surface area contributed by atoms with Crippen molar-refractivity contribution in [1.29, 1.82) is 0 Å². The molecule has 34 heavy (non-hydrogen) atoms. The highest BCUT2D eigenvalue weighted by Gasteiger charge is 2.12. The van der Waals surface area contributed by atoms with Crippen LogP contribution in [-0.4, -0.2) is 86.2 Å². The molecule has 0 aliphatic heterocycles. The Kier molecular flexibility index (Phi) is 15.3. The van der Waals surface area contributed by atoms with E-state index in [1.165, 1.54) is 6.33 Å². The second kappa shape index (κ2) is 17.7. The zero-order chi connectivity index (χ0) is 25.2. The fourth-order valence-electron chi connectivity index (χ4n) is 2.32. The third-order valence-electron chi connectivity index (χ3n) is 4.23. The molecule has 0 bridgehead atoms. The fraction of sp³-hybridized carbons (Fsp3) is 0.609. The van der Waals surface area contributed by atoms with Gasteiger partial charge in [0, 0.05) is 12.8 Å². The first kappa shape index (κ1) is 29.3. The van der Waals surface area contributed by atoms with Gasteiger partial charge in [-0.25, -0.2) is 4.98 Å². The van der Waals surface area contributed by atoms with E-state index in [4.69, 9.17) is 23.7 Å². The number of ether oxygens (including phenoxy) is 5. The third kappa shape index (κ3) is 13.1.